The Balaban J connectivity index is 0.00000320. The van der Waals surface area contributed by atoms with Gasteiger partial charge < -0.3 is 20.3 Å². The average Bonchev–Trinajstić information content (AvgIpc) is 3.21. The van der Waals surface area contributed by atoms with Gasteiger partial charge in [-0.05, 0) is 40.0 Å². The number of likely N-dealkylation sites (tertiary alicyclic amines) is 1. The zero-order valence-electron chi connectivity index (χ0n) is 19.1. The topological polar surface area (TPSA) is 69.2 Å². The van der Waals surface area contributed by atoms with Crippen LogP contribution in [0.15, 0.2) is 4.99 Å². The molecule has 3 unspecified atom stereocenters. The Morgan fingerprint density at radius 1 is 1.20 bits per heavy atom. The fourth-order valence-corrected chi connectivity index (χ4v) is 4.92. The SMILES string of the molecule is CCNC(=NCC(C)N1CCOCC1C)NC1CCN(C(=O)C2CCCCC2)C1.I. The van der Waals surface area contributed by atoms with Gasteiger partial charge in [-0.15, -0.1) is 24.0 Å². The van der Waals surface area contributed by atoms with E-state index in [-0.39, 0.29) is 35.9 Å². The molecule has 2 heterocycles. The molecule has 3 atom stereocenters. The van der Waals surface area contributed by atoms with Crippen molar-refractivity contribution in [1.82, 2.24) is 20.4 Å². The number of nitrogens with zero attached hydrogens (tertiary/aromatic N) is 3. The lowest BCUT2D eigenvalue weighted by Crippen LogP contribution is -2.50. The van der Waals surface area contributed by atoms with Crippen molar-refractivity contribution in [3.63, 3.8) is 0 Å². The summed E-state index contributed by atoms with van der Waals surface area (Å²) >= 11 is 0. The fraction of sp³-hybridized carbons (Fsp3) is 0.909. The second kappa shape index (κ2) is 13.1. The predicted octanol–water partition coefficient (Wildman–Crippen LogP) is 2.45. The van der Waals surface area contributed by atoms with Crippen LogP contribution in [0.1, 0.15) is 59.3 Å². The van der Waals surface area contributed by atoms with Gasteiger partial charge in [-0.3, -0.25) is 14.7 Å². The van der Waals surface area contributed by atoms with Gasteiger partial charge in [-0.1, -0.05) is 19.3 Å². The minimum atomic E-state index is 0. The van der Waals surface area contributed by atoms with Crippen LogP contribution in [-0.2, 0) is 9.53 Å². The first-order valence-electron chi connectivity index (χ1n) is 11.8. The van der Waals surface area contributed by atoms with Crippen molar-refractivity contribution in [1.29, 1.82) is 0 Å². The van der Waals surface area contributed by atoms with Gasteiger partial charge in [0.2, 0.25) is 5.91 Å². The van der Waals surface area contributed by atoms with Gasteiger partial charge in [0, 0.05) is 50.2 Å². The molecule has 1 aliphatic carbocycles. The van der Waals surface area contributed by atoms with Gasteiger partial charge in [0.15, 0.2) is 5.96 Å². The maximum absolute atomic E-state index is 12.8. The lowest BCUT2D eigenvalue weighted by Gasteiger charge is -2.37. The molecule has 2 saturated heterocycles. The monoisotopic (exact) mass is 535 g/mol. The third-order valence-electron chi connectivity index (χ3n) is 6.64. The Morgan fingerprint density at radius 2 is 1.97 bits per heavy atom. The van der Waals surface area contributed by atoms with Crippen LogP contribution in [-0.4, -0.2) is 85.7 Å². The van der Waals surface area contributed by atoms with Crippen molar-refractivity contribution >= 4 is 35.8 Å². The zero-order valence-corrected chi connectivity index (χ0v) is 21.4. The molecule has 0 spiro atoms. The quantitative estimate of drug-likeness (QED) is 0.311. The van der Waals surface area contributed by atoms with Crippen LogP contribution in [0.4, 0.5) is 0 Å². The van der Waals surface area contributed by atoms with Crippen molar-refractivity contribution in [2.24, 2.45) is 10.9 Å². The highest BCUT2D eigenvalue weighted by molar-refractivity contribution is 14.0. The number of rotatable bonds is 6. The largest absolute Gasteiger partial charge is 0.379 e. The summed E-state index contributed by atoms with van der Waals surface area (Å²) in [4.78, 5) is 22.2. The third-order valence-corrected chi connectivity index (χ3v) is 6.64. The summed E-state index contributed by atoms with van der Waals surface area (Å²) in [6, 6.07) is 1.12. The summed E-state index contributed by atoms with van der Waals surface area (Å²) in [5.41, 5.74) is 0. The van der Waals surface area contributed by atoms with Gasteiger partial charge in [-0.2, -0.15) is 0 Å². The van der Waals surface area contributed by atoms with E-state index in [1.54, 1.807) is 0 Å². The van der Waals surface area contributed by atoms with E-state index in [9.17, 15) is 4.79 Å². The molecule has 8 heteroatoms. The van der Waals surface area contributed by atoms with Crippen molar-refractivity contribution < 1.29 is 9.53 Å². The van der Waals surface area contributed by atoms with Crippen molar-refractivity contribution in [3.05, 3.63) is 0 Å². The van der Waals surface area contributed by atoms with Crippen LogP contribution in [0.5, 0.6) is 0 Å². The third kappa shape index (κ3) is 7.22. The van der Waals surface area contributed by atoms with Crippen LogP contribution in [0, 0.1) is 5.92 Å². The second-order valence-corrected chi connectivity index (χ2v) is 8.98. The summed E-state index contributed by atoms with van der Waals surface area (Å²) in [6.45, 7) is 12.4. The minimum Gasteiger partial charge on any atom is -0.379 e. The van der Waals surface area contributed by atoms with E-state index >= 15 is 0 Å². The molecule has 2 aliphatic heterocycles. The van der Waals surface area contributed by atoms with Gasteiger partial charge in [0.05, 0.1) is 19.8 Å². The number of carbonyl (C=O) groups is 1. The van der Waals surface area contributed by atoms with Crippen molar-refractivity contribution in [3.8, 4) is 0 Å². The molecule has 0 aromatic heterocycles. The Morgan fingerprint density at radius 3 is 2.67 bits per heavy atom. The molecule has 30 heavy (non-hydrogen) atoms. The highest BCUT2D eigenvalue weighted by atomic mass is 127. The molecule has 0 aromatic carbocycles. The van der Waals surface area contributed by atoms with Gasteiger partial charge in [0.25, 0.3) is 0 Å². The highest BCUT2D eigenvalue weighted by Gasteiger charge is 2.32. The maximum Gasteiger partial charge on any atom is 0.225 e. The van der Waals surface area contributed by atoms with Crippen LogP contribution in [0.3, 0.4) is 0 Å². The first kappa shape index (κ1) is 25.6. The van der Waals surface area contributed by atoms with E-state index in [2.05, 4.69) is 41.2 Å². The van der Waals surface area contributed by atoms with Gasteiger partial charge in [0.1, 0.15) is 0 Å². The average molecular weight is 536 g/mol. The first-order chi connectivity index (χ1) is 14.1. The molecule has 2 N–H and O–H groups in total. The number of guanidine groups is 1. The van der Waals surface area contributed by atoms with E-state index in [1.807, 2.05) is 0 Å². The van der Waals surface area contributed by atoms with E-state index in [1.165, 1.54) is 19.3 Å². The maximum atomic E-state index is 12.8. The standard InChI is InChI=1S/C22H41N5O2.HI/c1-4-23-22(24-14-17(2)27-12-13-29-16-18(27)3)25-20-10-11-26(15-20)21(28)19-8-6-5-7-9-19;/h17-20H,4-16H2,1-3H3,(H2,23,24,25);1H. The number of morpholine rings is 1. The Bertz CT molecular complexity index is 556. The predicted molar refractivity (Wildman–Crippen MR) is 133 cm³/mol. The summed E-state index contributed by atoms with van der Waals surface area (Å²) in [6.07, 6.45) is 6.87. The van der Waals surface area contributed by atoms with E-state index < -0.39 is 0 Å². The normalized spacial score (nSPS) is 27.4. The Labute approximate surface area is 199 Å². The van der Waals surface area contributed by atoms with E-state index in [0.717, 1.165) is 71.2 Å². The summed E-state index contributed by atoms with van der Waals surface area (Å²) in [7, 11) is 0. The molecule has 3 rings (SSSR count). The number of hydrogen-bond acceptors (Lipinski definition) is 4. The number of hydrogen-bond donors (Lipinski definition) is 2. The Hall–Kier alpha value is -0.610. The summed E-state index contributed by atoms with van der Waals surface area (Å²) in [5, 5.41) is 6.95. The highest BCUT2D eigenvalue weighted by Crippen LogP contribution is 2.26. The molecule has 0 bridgehead atoms. The van der Waals surface area contributed by atoms with Crippen molar-refractivity contribution in [2.45, 2.75) is 77.4 Å². The van der Waals surface area contributed by atoms with Crippen molar-refractivity contribution in [2.75, 3.05) is 45.9 Å². The lowest BCUT2D eigenvalue weighted by atomic mass is 9.88. The molecular weight excluding hydrogens is 493 g/mol. The molecule has 0 radical (unpaired) electrons. The van der Waals surface area contributed by atoms with Crippen LogP contribution >= 0.6 is 24.0 Å². The van der Waals surface area contributed by atoms with Gasteiger partial charge in [-0.25, -0.2) is 0 Å². The number of aliphatic imine (C=N–C) groups is 1. The molecule has 1 saturated carbocycles. The van der Waals surface area contributed by atoms with Gasteiger partial charge >= 0.3 is 0 Å². The summed E-state index contributed by atoms with van der Waals surface area (Å²) < 4.78 is 5.55. The fourth-order valence-electron chi connectivity index (χ4n) is 4.92. The number of halogens is 1. The van der Waals surface area contributed by atoms with E-state index in [0.29, 0.717) is 18.0 Å². The molecule has 3 aliphatic rings. The zero-order chi connectivity index (χ0) is 20.6. The smallest absolute Gasteiger partial charge is 0.225 e. The number of amides is 1. The summed E-state index contributed by atoms with van der Waals surface area (Å²) in [5.74, 6) is 1.52. The number of carbonyl (C=O) groups excluding carboxylic acids is 1. The molecule has 1 amide bonds. The lowest BCUT2D eigenvalue weighted by molar-refractivity contribution is -0.135. The Kier molecular flexibility index (Phi) is 11.2. The number of ether oxygens (including phenoxy) is 1. The molecular formula is C22H42IN5O2. The van der Waals surface area contributed by atoms with Crippen LogP contribution in [0.2, 0.25) is 0 Å². The van der Waals surface area contributed by atoms with Crippen LogP contribution in [0.25, 0.3) is 0 Å². The molecule has 7 nitrogen and oxygen atoms in total. The minimum absolute atomic E-state index is 0. The molecule has 0 aromatic rings. The second-order valence-electron chi connectivity index (χ2n) is 8.98. The number of nitrogens with one attached hydrogen (secondary N) is 2. The molecule has 174 valence electrons. The van der Waals surface area contributed by atoms with Crippen LogP contribution < -0.4 is 10.6 Å². The molecule has 3 fully saturated rings. The van der Waals surface area contributed by atoms with E-state index in [4.69, 9.17) is 9.73 Å². The first-order valence-corrected chi connectivity index (χ1v) is 11.8.